The van der Waals surface area contributed by atoms with Crippen molar-refractivity contribution in [3.63, 3.8) is 0 Å². The molecule has 4 nitrogen and oxygen atoms in total. The maximum absolute atomic E-state index is 11.9. The van der Waals surface area contributed by atoms with Gasteiger partial charge in [-0.3, -0.25) is 0 Å². The number of hydrogen-bond donors (Lipinski definition) is 2. The zero-order valence-electron chi connectivity index (χ0n) is 11.7. The van der Waals surface area contributed by atoms with E-state index in [1.54, 1.807) is 11.3 Å². The highest BCUT2D eigenvalue weighted by molar-refractivity contribution is 7.89. The fourth-order valence-corrected chi connectivity index (χ4v) is 3.88. The van der Waals surface area contributed by atoms with Crippen molar-refractivity contribution in [1.29, 1.82) is 0 Å². The number of hydrogen-bond acceptors (Lipinski definition) is 4. The molecule has 0 saturated carbocycles. The number of thiophene rings is 1. The lowest BCUT2D eigenvalue weighted by molar-refractivity contribution is 0.554. The van der Waals surface area contributed by atoms with Crippen molar-refractivity contribution < 1.29 is 8.42 Å². The van der Waals surface area contributed by atoms with Crippen LogP contribution in [0.5, 0.6) is 0 Å². The predicted octanol–water partition coefficient (Wildman–Crippen LogP) is 1.99. The van der Waals surface area contributed by atoms with Gasteiger partial charge in [0.25, 0.3) is 0 Å². The summed E-state index contributed by atoms with van der Waals surface area (Å²) in [5, 5.41) is 7.27. The van der Waals surface area contributed by atoms with E-state index in [4.69, 9.17) is 0 Å². The molecule has 0 saturated heterocycles. The normalized spacial score (nSPS) is 13.6. The zero-order chi connectivity index (χ0) is 14.1. The molecule has 1 aromatic heterocycles. The first-order chi connectivity index (χ1) is 9.03. The van der Waals surface area contributed by atoms with Crippen LogP contribution in [-0.4, -0.2) is 33.3 Å². The minimum absolute atomic E-state index is 0.0526. The van der Waals surface area contributed by atoms with Crippen molar-refractivity contribution in [3.8, 4) is 0 Å². The van der Waals surface area contributed by atoms with Gasteiger partial charge in [0.05, 0.1) is 5.75 Å². The molecule has 1 aromatic rings. The minimum Gasteiger partial charge on any atom is -0.317 e. The van der Waals surface area contributed by atoms with E-state index in [1.807, 2.05) is 18.4 Å². The van der Waals surface area contributed by atoms with Gasteiger partial charge < -0.3 is 5.32 Å². The van der Waals surface area contributed by atoms with Crippen LogP contribution in [0.15, 0.2) is 16.8 Å². The van der Waals surface area contributed by atoms with Gasteiger partial charge in [-0.05, 0) is 61.7 Å². The average Bonchev–Trinajstić information content (AvgIpc) is 2.80. The molecular formula is C13H24N2O2S2. The Kier molecular flexibility index (Phi) is 7.60. The maximum Gasteiger partial charge on any atom is 0.211 e. The molecule has 0 fully saturated rings. The van der Waals surface area contributed by atoms with Crippen LogP contribution in [0.3, 0.4) is 0 Å². The van der Waals surface area contributed by atoms with Crippen LogP contribution in [0.2, 0.25) is 0 Å². The third-order valence-corrected chi connectivity index (χ3v) is 5.02. The minimum atomic E-state index is -3.16. The van der Waals surface area contributed by atoms with Crippen molar-refractivity contribution >= 4 is 21.4 Å². The highest BCUT2D eigenvalue weighted by Gasteiger charge is 2.14. The Bertz CT molecular complexity index is 430. The summed E-state index contributed by atoms with van der Waals surface area (Å²) < 4.78 is 26.5. The summed E-state index contributed by atoms with van der Waals surface area (Å²) >= 11 is 1.64. The van der Waals surface area contributed by atoms with Gasteiger partial charge in [0.15, 0.2) is 0 Å². The number of nitrogens with one attached hydrogen (secondary N) is 2. The Morgan fingerprint density at radius 2 is 2.16 bits per heavy atom. The molecule has 0 aliphatic rings. The van der Waals surface area contributed by atoms with Crippen LogP contribution in [0, 0.1) is 0 Å². The van der Waals surface area contributed by atoms with Crippen molar-refractivity contribution in [2.24, 2.45) is 0 Å². The first kappa shape index (κ1) is 16.6. The first-order valence-corrected chi connectivity index (χ1v) is 9.35. The molecule has 1 unspecified atom stereocenters. The second kappa shape index (κ2) is 8.68. The Balaban J connectivity index is 2.25. The van der Waals surface area contributed by atoms with E-state index in [-0.39, 0.29) is 11.8 Å². The molecule has 2 N–H and O–H groups in total. The third kappa shape index (κ3) is 7.67. The van der Waals surface area contributed by atoms with Crippen LogP contribution in [-0.2, 0) is 16.4 Å². The Labute approximate surface area is 120 Å². The largest absolute Gasteiger partial charge is 0.317 e. The summed E-state index contributed by atoms with van der Waals surface area (Å²) in [7, 11) is -3.16. The van der Waals surface area contributed by atoms with Gasteiger partial charge in [0.2, 0.25) is 10.0 Å². The molecule has 0 aliphatic carbocycles. The molecule has 0 amide bonds. The molecule has 0 bridgehead atoms. The number of rotatable bonds is 10. The molecule has 1 rings (SSSR count). The van der Waals surface area contributed by atoms with Crippen LogP contribution in [0.1, 0.15) is 32.3 Å². The average molecular weight is 304 g/mol. The van der Waals surface area contributed by atoms with E-state index in [1.165, 1.54) is 5.56 Å². The second-order valence-electron chi connectivity index (χ2n) is 4.78. The number of sulfonamides is 1. The molecular weight excluding hydrogens is 280 g/mol. The van der Waals surface area contributed by atoms with Gasteiger partial charge in [0.1, 0.15) is 0 Å². The van der Waals surface area contributed by atoms with Crippen LogP contribution in [0.4, 0.5) is 0 Å². The Morgan fingerprint density at radius 1 is 1.37 bits per heavy atom. The molecule has 6 heteroatoms. The summed E-state index contributed by atoms with van der Waals surface area (Å²) in [6, 6.07) is 1.98. The van der Waals surface area contributed by atoms with E-state index in [0.29, 0.717) is 6.42 Å². The second-order valence-corrected chi connectivity index (χ2v) is 7.43. The van der Waals surface area contributed by atoms with E-state index in [9.17, 15) is 8.42 Å². The molecule has 1 atom stereocenters. The van der Waals surface area contributed by atoms with Crippen molar-refractivity contribution in [3.05, 3.63) is 22.4 Å². The Hall–Kier alpha value is -0.430. The first-order valence-electron chi connectivity index (χ1n) is 6.75. The molecule has 1 heterocycles. The van der Waals surface area contributed by atoms with Gasteiger partial charge in [-0.15, -0.1) is 0 Å². The molecule has 19 heavy (non-hydrogen) atoms. The third-order valence-electron chi connectivity index (χ3n) is 2.70. The summed E-state index contributed by atoms with van der Waals surface area (Å²) in [4.78, 5) is 0. The Morgan fingerprint density at radius 3 is 2.79 bits per heavy atom. The monoisotopic (exact) mass is 304 g/mol. The summed E-state index contributed by atoms with van der Waals surface area (Å²) in [5.41, 5.74) is 1.19. The summed E-state index contributed by atoms with van der Waals surface area (Å²) in [6.45, 7) is 5.71. The van der Waals surface area contributed by atoms with Crippen LogP contribution >= 0.6 is 11.3 Å². The molecule has 0 aromatic carbocycles. The van der Waals surface area contributed by atoms with Gasteiger partial charge in [-0.25, -0.2) is 13.1 Å². The van der Waals surface area contributed by atoms with Gasteiger partial charge in [0, 0.05) is 6.04 Å². The lowest BCUT2D eigenvalue weighted by Gasteiger charge is -2.13. The van der Waals surface area contributed by atoms with Crippen molar-refractivity contribution in [2.45, 2.75) is 39.2 Å². The summed E-state index contributed by atoms with van der Waals surface area (Å²) in [6.07, 6.45) is 2.47. The maximum atomic E-state index is 11.9. The molecule has 0 aliphatic heterocycles. The SMILES string of the molecule is CCCNCCCS(=O)(=O)NC(C)Cc1ccsc1. The van der Waals surface area contributed by atoms with E-state index in [0.717, 1.165) is 25.9 Å². The highest BCUT2D eigenvalue weighted by Crippen LogP contribution is 2.09. The van der Waals surface area contributed by atoms with Crippen molar-refractivity contribution in [1.82, 2.24) is 10.0 Å². The fraction of sp³-hybridized carbons (Fsp3) is 0.692. The van der Waals surface area contributed by atoms with E-state index >= 15 is 0 Å². The zero-order valence-corrected chi connectivity index (χ0v) is 13.3. The van der Waals surface area contributed by atoms with Gasteiger partial charge >= 0.3 is 0 Å². The standard InChI is InChI=1S/C13H24N2O2S2/c1-3-6-14-7-4-9-19(16,17)15-12(2)10-13-5-8-18-11-13/h5,8,11-12,14-15H,3-4,6-7,9-10H2,1-2H3. The quantitative estimate of drug-likeness (QED) is 0.650. The van der Waals surface area contributed by atoms with Crippen molar-refractivity contribution in [2.75, 3.05) is 18.8 Å². The lowest BCUT2D eigenvalue weighted by Crippen LogP contribution is -2.36. The molecule has 110 valence electrons. The fourth-order valence-electron chi connectivity index (χ4n) is 1.86. The predicted molar refractivity (Wildman–Crippen MR) is 82.2 cm³/mol. The van der Waals surface area contributed by atoms with Crippen LogP contribution < -0.4 is 10.0 Å². The summed E-state index contributed by atoms with van der Waals surface area (Å²) in [5.74, 6) is 0.192. The van der Waals surface area contributed by atoms with Gasteiger partial charge in [-0.2, -0.15) is 11.3 Å². The topological polar surface area (TPSA) is 58.2 Å². The van der Waals surface area contributed by atoms with Gasteiger partial charge in [-0.1, -0.05) is 6.92 Å². The van der Waals surface area contributed by atoms with E-state index < -0.39 is 10.0 Å². The van der Waals surface area contributed by atoms with Crippen LogP contribution in [0.25, 0.3) is 0 Å². The molecule has 0 spiro atoms. The van der Waals surface area contributed by atoms with E-state index in [2.05, 4.69) is 22.3 Å². The molecule has 0 radical (unpaired) electrons. The smallest absolute Gasteiger partial charge is 0.211 e. The lowest BCUT2D eigenvalue weighted by atomic mass is 10.1. The highest BCUT2D eigenvalue weighted by atomic mass is 32.2.